The number of aromatic nitrogens is 12. The third-order valence-corrected chi connectivity index (χ3v) is 16.4. The van der Waals surface area contributed by atoms with Gasteiger partial charge >= 0.3 is 24.7 Å². The molecule has 2 N–H and O–H groups in total. The number of alkyl halides is 12. The molecule has 0 spiro atoms. The number of Topliss-reactive ketones (excluding diaryl/α,β-unsaturated/α-hetero) is 2. The van der Waals surface area contributed by atoms with E-state index >= 15 is 0 Å². The number of carbonyl (C=O) groups excluding carboxylic acids is 2. The van der Waals surface area contributed by atoms with E-state index in [4.69, 9.17) is 0 Å². The molecule has 0 bridgehead atoms. The number of allylic oxidation sites excluding steroid dienone is 4. The van der Waals surface area contributed by atoms with Crippen molar-refractivity contribution in [1.29, 1.82) is 0 Å². The molecule has 0 saturated heterocycles. The first-order valence-electron chi connectivity index (χ1n) is 31.9. The zero-order chi connectivity index (χ0) is 75.6. The summed E-state index contributed by atoms with van der Waals surface area (Å²) in [5.74, 6) is -1.44. The maximum absolute atomic E-state index is 12.8. The normalized spacial score (nSPS) is 12.2. The number of nitrogens with zero attached hydrogens (tertiary/aromatic N) is 12. The molecule has 0 unspecified atom stereocenters. The molecule has 16 rings (SSSR count). The van der Waals surface area contributed by atoms with Gasteiger partial charge in [-0.15, -0.1) is 60.0 Å². The van der Waals surface area contributed by atoms with Crippen molar-refractivity contribution in [3.05, 3.63) is 288 Å². The first-order chi connectivity index (χ1) is 50.4. The van der Waals surface area contributed by atoms with Gasteiger partial charge < -0.3 is 10.2 Å². The van der Waals surface area contributed by atoms with Crippen molar-refractivity contribution in [2.45, 2.75) is 52.4 Å². The SMILES string of the molecule is CC(=O)C(=C(/C)O)/C(C(C)=O)=C(\C)O.FC(F)(F)c1ccc2nn(-c3cccc4ccccc34)nc2c1.FC(F)(F)c1ccc2nn(-c3cccc4ccccc34)nc2c1.FC(F)(F)c1ccc2nn(-c3cccc4ccccc34)nc2c1.FC(F)(F)c1ccc2nn(-c3cccc4ccccc34)nc2c1.[Ir].[Ir]. The van der Waals surface area contributed by atoms with Gasteiger partial charge in [0.2, 0.25) is 0 Å². The van der Waals surface area contributed by atoms with Gasteiger partial charge in [-0.3, -0.25) is 9.59 Å². The molecule has 0 aliphatic carbocycles. The van der Waals surface area contributed by atoms with E-state index < -0.39 is 58.5 Å². The Kier molecular flexibility index (Phi) is 23.4. The number of rotatable bonds is 7. The smallest absolute Gasteiger partial charge is 0.416 e. The van der Waals surface area contributed by atoms with E-state index in [2.05, 4.69) is 40.8 Å². The Bertz CT molecular complexity index is 5370. The van der Waals surface area contributed by atoms with Crippen LogP contribution in [0.15, 0.2) is 265 Å². The molecule has 0 atom stereocenters. The summed E-state index contributed by atoms with van der Waals surface area (Å²) < 4.78 is 154. The Morgan fingerprint density at radius 3 is 0.639 bits per heavy atom. The fourth-order valence-corrected chi connectivity index (χ4v) is 11.5. The fraction of sp³-hybridized carbons (Fsp3) is 0.103. The largest absolute Gasteiger partial charge is 0.512 e. The minimum absolute atomic E-state index is 0. The number of halogens is 12. The maximum Gasteiger partial charge on any atom is 0.416 e. The van der Waals surface area contributed by atoms with Gasteiger partial charge in [0.15, 0.2) is 11.6 Å². The number of ketones is 2. The van der Waals surface area contributed by atoms with Crippen LogP contribution in [-0.2, 0) is 74.5 Å². The van der Waals surface area contributed by atoms with Crippen molar-refractivity contribution < 1.29 is 113 Å². The second kappa shape index (κ2) is 32.1. The number of fused-ring (bicyclic) bond motifs is 8. The molecule has 4 aromatic heterocycles. The Morgan fingerprint density at radius 1 is 0.269 bits per heavy atom. The zero-order valence-corrected chi connectivity index (χ0v) is 61.2. The van der Waals surface area contributed by atoms with Crippen LogP contribution in [0.2, 0.25) is 0 Å². The summed E-state index contributed by atoms with van der Waals surface area (Å²) in [6, 6.07) is 67.1. The van der Waals surface area contributed by atoms with Crippen molar-refractivity contribution in [2.75, 3.05) is 0 Å². The average Bonchev–Trinajstić information content (AvgIpc) is 1.66. The summed E-state index contributed by atoms with van der Waals surface area (Å²) in [6.45, 7) is 5.03. The molecule has 0 fully saturated rings. The molecule has 0 aliphatic heterocycles. The molecule has 4 heterocycles. The molecular formula is C78H54F12Ir2N12O4. The summed E-state index contributed by atoms with van der Waals surface area (Å²) in [5, 5.41) is 60.3. The Balaban J connectivity index is 0.000000145. The van der Waals surface area contributed by atoms with Crippen molar-refractivity contribution in [3.63, 3.8) is 0 Å². The van der Waals surface area contributed by atoms with E-state index in [0.717, 1.165) is 114 Å². The van der Waals surface area contributed by atoms with E-state index in [9.17, 15) is 72.5 Å². The summed E-state index contributed by atoms with van der Waals surface area (Å²) in [5.41, 5.74) is 2.31. The average molecular weight is 1840 g/mol. The standard InChI is InChI=1S/4C17H10F3N3.C10H14O4.2Ir/c4*18-17(19,20)12-8-9-14-15(10-12)22-23(21-14)16-7-3-5-11-4-1-2-6-13(11)16;1-5(11)9(6(2)12)10(7(3)13)8(4)14;;/h4*1-10H;11,13H,1-4H3;;/b;;;;9-5+,10-7+;;. The predicted octanol–water partition coefficient (Wildman–Crippen LogP) is 20.2. The maximum atomic E-state index is 12.8. The molecule has 2 radical (unpaired) electrons. The van der Waals surface area contributed by atoms with Crippen LogP contribution in [0.3, 0.4) is 0 Å². The Hall–Kier alpha value is -11.8. The fourth-order valence-electron chi connectivity index (χ4n) is 11.5. The first kappa shape index (κ1) is 78.7. The van der Waals surface area contributed by atoms with Crippen LogP contribution in [-0.4, -0.2) is 81.8 Å². The van der Waals surface area contributed by atoms with Crippen LogP contribution in [0, 0.1) is 0 Å². The Morgan fingerprint density at radius 2 is 0.454 bits per heavy atom. The third-order valence-electron chi connectivity index (χ3n) is 16.4. The van der Waals surface area contributed by atoms with Gasteiger partial charge in [-0.2, -0.15) is 52.7 Å². The van der Waals surface area contributed by atoms with Crippen molar-refractivity contribution in [1.82, 2.24) is 60.0 Å². The van der Waals surface area contributed by atoms with Gasteiger partial charge in [0, 0.05) is 61.8 Å². The van der Waals surface area contributed by atoms with E-state index in [-0.39, 0.29) is 84.9 Å². The molecule has 552 valence electrons. The molecule has 0 amide bonds. The molecular weight excluding hydrogens is 1780 g/mol. The van der Waals surface area contributed by atoms with Crippen LogP contribution < -0.4 is 0 Å². The summed E-state index contributed by atoms with van der Waals surface area (Å²) in [6.07, 6.45) is -17.6. The molecule has 16 aromatic rings. The van der Waals surface area contributed by atoms with E-state index in [1.807, 2.05) is 170 Å². The van der Waals surface area contributed by atoms with Crippen molar-refractivity contribution in [3.8, 4) is 22.7 Å². The topological polar surface area (TPSA) is 197 Å². The van der Waals surface area contributed by atoms with Crippen LogP contribution >= 0.6 is 0 Å². The monoisotopic (exact) mass is 1840 g/mol. The zero-order valence-electron chi connectivity index (χ0n) is 56.4. The van der Waals surface area contributed by atoms with Gasteiger partial charge in [-0.25, -0.2) is 0 Å². The van der Waals surface area contributed by atoms with Gasteiger partial charge in [-0.1, -0.05) is 146 Å². The summed E-state index contributed by atoms with van der Waals surface area (Å²) in [4.78, 5) is 27.8. The molecule has 12 aromatic carbocycles. The molecule has 30 heteroatoms. The number of hydrogen-bond donors (Lipinski definition) is 2. The molecule has 108 heavy (non-hydrogen) atoms. The van der Waals surface area contributed by atoms with Gasteiger partial charge in [0.1, 0.15) is 55.7 Å². The summed E-state index contributed by atoms with van der Waals surface area (Å²) in [7, 11) is 0. The van der Waals surface area contributed by atoms with Crippen LogP contribution in [0.25, 0.3) is 110 Å². The number of aliphatic hydroxyl groups is 2. The second-order valence-corrected chi connectivity index (χ2v) is 23.8. The van der Waals surface area contributed by atoms with Crippen LogP contribution in [0.4, 0.5) is 52.7 Å². The minimum Gasteiger partial charge on any atom is -0.512 e. The van der Waals surface area contributed by atoms with E-state index in [1.54, 1.807) is 0 Å². The summed E-state index contributed by atoms with van der Waals surface area (Å²) >= 11 is 0. The van der Waals surface area contributed by atoms with Gasteiger partial charge in [-0.05, 0) is 146 Å². The first-order valence-corrected chi connectivity index (χ1v) is 31.9. The number of benzene rings is 12. The predicted molar refractivity (Wildman–Crippen MR) is 378 cm³/mol. The van der Waals surface area contributed by atoms with E-state index in [0.29, 0.717) is 22.1 Å². The molecule has 16 nitrogen and oxygen atoms in total. The van der Waals surface area contributed by atoms with E-state index in [1.165, 1.54) is 71.1 Å². The number of aliphatic hydroxyl groups excluding tert-OH is 2. The Labute approximate surface area is 630 Å². The second-order valence-electron chi connectivity index (χ2n) is 23.8. The molecule has 0 aliphatic rings. The van der Waals surface area contributed by atoms with Crippen LogP contribution in [0.5, 0.6) is 0 Å². The third kappa shape index (κ3) is 17.5. The number of carbonyl (C=O) groups is 2. The van der Waals surface area contributed by atoms with Crippen molar-refractivity contribution >= 4 is 98.8 Å². The minimum atomic E-state index is -4.39. The van der Waals surface area contributed by atoms with Gasteiger partial charge in [0.05, 0.1) is 56.1 Å². The molecule has 0 saturated carbocycles. The van der Waals surface area contributed by atoms with Gasteiger partial charge in [0.25, 0.3) is 0 Å². The quantitative estimate of drug-likeness (QED) is 0.0664. The van der Waals surface area contributed by atoms with Crippen molar-refractivity contribution in [2.24, 2.45) is 0 Å². The number of hydrogen-bond acceptors (Lipinski definition) is 12. The van der Waals surface area contributed by atoms with Crippen LogP contribution in [0.1, 0.15) is 49.9 Å².